The SMILES string of the molecule is CCC1(n2c(CCCl)nc3cc(Cl)cnc32)CCC1. The lowest BCUT2D eigenvalue weighted by atomic mass is 9.74. The third kappa shape index (κ3) is 2.03. The van der Waals surface area contributed by atoms with Crippen LogP contribution < -0.4 is 0 Å². The van der Waals surface area contributed by atoms with Crippen molar-refractivity contribution >= 4 is 34.4 Å². The zero-order chi connectivity index (χ0) is 13.5. The second-order valence-electron chi connectivity index (χ2n) is 5.23. The van der Waals surface area contributed by atoms with Crippen molar-refractivity contribution in [2.75, 3.05) is 5.88 Å². The predicted molar refractivity (Wildman–Crippen MR) is 79.1 cm³/mol. The van der Waals surface area contributed by atoms with E-state index in [0.29, 0.717) is 10.9 Å². The van der Waals surface area contributed by atoms with Crippen LogP contribution in [0.3, 0.4) is 0 Å². The molecule has 0 radical (unpaired) electrons. The molecular formula is C14H17Cl2N3. The van der Waals surface area contributed by atoms with Gasteiger partial charge in [0.2, 0.25) is 0 Å². The summed E-state index contributed by atoms with van der Waals surface area (Å²) in [5.74, 6) is 1.62. The Morgan fingerprint density at radius 1 is 1.42 bits per heavy atom. The van der Waals surface area contributed by atoms with Gasteiger partial charge >= 0.3 is 0 Å². The number of rotatable bonds is 4. The van der Waals surface area contributed by atoms with E-state index in [2.05, 4.69) is 16.5 Å². The molecule has 0 amide bonds. The Labute approximate surface area is 122 Å². The third-order valence-corrected chi connectivity index (χ3v) is 4.66. The number of pyridine rings is 1. The lowest BCUT2D eigenvalue weighted by Crippen LogP contribution is -2.41. The molecule has 102 valence electrons. The second kappa shape index (κ2) is 4.95. The summed E-state index contributed by atoms with van der Waals surface area (Å²) in [6, 6.07) is 1.89. The molecule has 3 nitrogen and oxygen atoms in total. The molecule has 19 heavy (non-hydrogen) atoms. The number of hydrogen-bond acceptors (Lipinski definition) is 2. The number of fused-ring (bicyclic) bond motifs is 1. The van der Waals surface area contributed by atoms with Crippen LogP contribution in [0.5, 0.6) is 0 Å². The van der Waals surface area contributed by atoms with Crippen molar-refractivity contribution in [3.63, 3.8) is 0 Å². The van der Waals surface area contributed by atoms with Crippen LogP contribution in [0.15, 0.2) is 12.3 Å². The molecule has 0 aromatic carbocycles. The van der Waals surface area contributed by atoms with Crippen molar-refractivity contribution in [1.29, 1.82) is 0 Å². The summed E-state index contributed by atoms with van der Waals surface area (Å²) in [6.45, 7) is 2.24. The van der Waals surface area contributed by atoms with Gasteiger partial charge in [-0.15, -0.1) is 11.6 Å². The van der Waals surface area contributed by atoms with Crippen molar-refractivity contribution in [3.05, 3.63) is 23.1 Å². The largest absolute Gasteiger partial charge is 0.306 e. The van der Waals surface area contributed by atoms with E-state index < -0.39 is 0 Å². The number of aromatic nitrogens is 3. The third-order valence-electron chi connectivity index (χ3n) is 4.27. The molecule has 2 aromatic rings. The Bertz CT molecular complexity index is 596. The molecule has 2 heterocycles. The Balaban J connectivity index is 2.21. The van der Waals surface area contributed by atoms with Gasteiger partial charge in [-0.3, -0.25) is 0 Å². The molecule has 2 aromatic heterocycles. The van der Waals surface area contributed by atoms with E-state index in [9.17, 15) is 0 Å². The molecular weight excluding hydrogens is 281 g/mol. The monoisotopic (exact) mass is 297 g/mol. The normalized spacial score (nSPS) is 17.6. The van der Waals surface area contributed by atoms with Gasteiger partial charge in [-0.1, -0.05) is 18.5 Å². The highest BCUT2D eigenvalue weighted by atomic mass is 35.5. The molecule has 3 rings (SSSR count). The van der Waals surface area contributed by atoms with Crippen LogP contribution in [-0.4, -0.2) is 20.4 Å². The summed E-state index contributed by atoms with van der Waals surface area (Å²) in [6.07, 6.45) is 7.27. The first kappa shape index (κ1) is 13.2. The van der Waals surface area contributed by atoms with E-state index in [0.717, 1.165) is 29.8 Å². The van der Waals surface area contributed by atoms with Gasteiger partial charge in [0.15, 0.2) is 5.65 Å². The lowest BCUT2D eigenvalue weighted by molar-refractivity contribution is 0.137. The summed E-state index contributed by atoms with van der Waals surface area (Å²) in [5.41, 5.74) is 2.02. The molecule has 1 saturated carbocycles. The van der Waals surface area contributed by atoms with E-state index in [1.165, 1.54) is 19.3 Å². The van der Waals surface area contributed by atoms with E-state index in [4.69, 9.17) is 28.2 Å². The molecule has 1 aliphatic rings. The summed E-state index contributed by atoms with van der Waals surface area (Å²) in [4.78, 5) is 9.20. The zero-order valence-electron chi connectivity index (χ0n) is 11.0. The predicted octanol–water partition coefficient (Wildman–Crippen LogP) is 4.16. The lowest BCUT2D eigenvalue weighted by Gasteiger charge is -2.43. The quantitative estimate of drug-likeness (QED) is 0.794. The first-order valence-corrected chi connectivity index (χ1v) is 7.71. The van der Waals surface area contributed by atoms with E-state index in [-0.39, 0.29) is 5.54 Å². The smallest absolute Gasteiger partial charge is 0.160 e. The number of hydrogen-bond donors (Lipinski definition) is 0. The molecule has 0 unspecified atom stereocenters. The van der Waals surface area contributed by atoms with Gasteiger partial charge in [-0.05, 0) is 31.7 Å². The molecule has 5 heteroatoms. The highest BCUT2D eigenvalue weighted by Gasteiger charge is 2.39. The molecule has 0 atom stereocenters. The van der Waals surface area contributed by atoms with Crippen LogP contribution in [0.4, 0.5) is 0 Å². The molecule has 1 aliphatic carbocycles. The van der Waals surface area contributed by atoms with Gasteiger partial charge in [-0.2, -0.15) is 0 Å². The maximum absolute atomic E-state index is 6.02. The fraction of sp³-hybridized carbons (Fsp3) is 0.571. The van der Waals surface area contributed by atoms with Crippen LogP contribution in [0.1, 0.15) is 38.4 Å². The van der Waals surface area contributed by atoms with E-state index >= 15 is 0 Å². The van der Waals surface area contributed by atoms with Gasteiger partial charge in [0.1, 0.15) is 11.3 Å². The van der Waals surface area contributed by atoms with Crippen molar-refractivity contribution in [1.82, 2.24) is 14.5 Å². The summed E-state index contributed by atoms with van der Waals surface area (Å²) < 4.78 is 2.32. The minimum absolute atomic E-state index is 0.191. The fourth-order valence-electron chi connectivity index (χ4n) is 3.06. The van der Waals surface area contributed by atoms with Gasteiger partial charge < -0.3 is 4.57 Å². The van der Waals surface area contributed by atoms with Gasteiger partial charge in [-0.25, -0.2) is 9.97 Å². The topological polar surface area (TPSA) is 30.7 Å². The van der Waals surface area contributed by atoms with Crippen LogP contribution >= 0.6 is 23.2 Å². The molecule has 0 saturated heterocycles. The van der Waals surface area contributed by atoms with Crippen molar-refractivity contribution in [2.24, 2.45) is 0 Å². The van der Waals surface area contributed by atoms with Crippen LogP contribution in [0.2, 0.25) is 5.02 Å². The van der Waals surface area contributed by atoms with Crippen molar-refractivity contribution < 1.29 is 0 Å². The number of imidazole rings is 1. The summed E-state index contributed by atoms with van der Waals surface area (Å²) >= 11 is 11.9. The Morgan fingerprint density at radius 3 is 2.79 bits per heavy atom. The first-order chi connectivity index (χ1) is 9.20. The number of nitrogens with zero attached hydrogens (tertiary/aromatic N) is 3. The van der Waals surface area contributed by atoms with Gasteiger partial charge in [0, 0.05) is 24.0 Å². The Morgan fingerprint density at radius 2 is 2.21 bits per heavy atom. The van der Waals surface area contributed by atoms with E-state index in [1.54, 1.807) is 6.20 Å². The Kier molecular flexibility index (Phi) is 3.44. The van der Waals surface area contributed by atoms with Gasteiger partial charge in [0.05, 0.1) is 5.02 Å². The zero-order valence-corrected chi connectivity index (χ0v) is 12.5. The molecule has 1 fully saturated rings. The summed E-state index contributed by atoms with van der Waals surface area (Å²) in [7, 11) is 0. The maximum atomic E-state index is 6.02. The average molecular weight is 298 g/mol. The van der Waals surface area contributed by atoms with Crippen LogP contribution in [0, 0.1) is 0 Å². The molecule has 0 N–H and O–H groups in total. The highest BCUT2D eigenvalue weighted by molar-refractivity contribution is 6.31. The second-order valence-corrected chi connectivity index (χ2v) is 6.04. The molecule has 0 bridgehead atoms. The highest BCUT2D eigenvalue weighted by Crippen LogP contribution is 2.44. The van der Waals surface area contributed by atoms with Crippen molar-refractivity contribution in [2.45, 2.75) is 44.6 Å². The van der Waals surface area contributed by atoms with Gasteiger partial charge in [0.25, 0.3) is 0 Å². The average Bonchev–Trinajstić information content (AvgIpc) is 2.68. The number of aryl methyl sites for hydroxylation is 1. The minimum Gasteiger partial charge on any atom is -0.306 e. The standard InChI is InChI=1S/C14H17Cl2N3/c1-2-14(5-3-6-14)19-12(4-7-15)18-11-8-10(16)9-17-13(11)19/h8-9H,2-7H2,1H3. The number of alkyl halides is 1. The maximum Gasteiger partial charge on any atom is 0.160 e. The Hall–Kier alpha value is -0.800. The molecule has 0 aliphatic heterocycles. The van der Waals surface area contributed by atoms with Crippen LogP contribution in [-0.2, 0) is 12.0 Å². The molecule has 0 spiro atoms. The minimum atomic E-state index is 0.191. The van der Waals surface area contributed by atoms with E-state index in [1.807, 2.05) is 6.07 Å². The van der Waals surface area contributed by atoms with Crippen molar-refractivity contribution in [3.8, 4) is 0 Å². The fourth-order valence-corrected chi connectivity index (χ4v) is 3.38. The first-order valence-electron chi connectivity index (χ1n) is 6.79. The number of halogens is 2. The summed E-state index contributed by atoms with van der Waals surface area (Å²) in [5, 5.41) is 0.633. The van der Waals surface area contributed by atoms with Crippen LogP contribution in [0.25, 0.3) is 11.2 Å².